The van der Waals surface area contributed by atoms with Crippen LogP contribution in [0.25, 0.3) is 6.08 Å². The summed E-state index contributed by atoms with van der Waals surface area (Å²) in [6.45, 7) is 6.11. The first-order valence-electron chi connectivity index (χ1n) is 12.2. The van der Waals surface area contributed by atoms with E-state index in [1.807, 2.05) is 56.3 Å². The second kappa shape index (κ2) is 10.8. The molecule has 2 aromatic carbocycles. The van der Waals surface area contributed by atoms with Crippen LogP contribution in [0.2, 0.25) is 0 Å². The molecule has 0 saturated carbocycles. The molecule has 0 bridgehead atoms. The van der Waals surface area contributed by atoms with Crippen molar-refractivity contribution >= 4 is 23.4 Å². The third kappa shape index (κ3) is 4.97. The van der Waals surface area contributed by atoms with Gasteiger partial charge in [0.25, 0.3) is 5.56 Å². The Labute approximate surface area is 223 Å². The van der Waals surface area contributed by atoms with E-state index in [0.717, 1.165) is 5.56 Å². The molecule has 2 aliphatic heterocycles. The highest BCUT2D eigenvalue weighted by Gasteiger charge is 2.35. The summed E-state index contributed by atoms with van der Waals surface area (Å²) < 4.78 is 29.5. The summed E-state index contributed by atoms with van der Waals surface area (Å²) >= 11 is 1.26. The van der Waals surface area contributed by atoms with Crippen LogP contribution >= 0.6 is 11.3 Å². The lowest BCUT2D eigenvalue weighted by molar-refractivity contribution is -0.140. The van der Waals surface area contributed by atoms with E-state index in [2.05, 4.69) is 4.99 Å². The molecule has 0 saturated heterocycles. The van der Waals surface area contributed by atoms with E-state index in [1.54, 1.807) is 17.6 Å². The van der Waals surface area contributed by atoms with Crippen molar-refractivity contribution in [3.05, 3.63) is 84.5 Å². The summed E-state index contributed by atoms with van der Waals surface area (Å²) in [6, 6.07) is 12.1. The van der Waals surface area contributed by atoms with Gasteiger partial charge in [-0.3, -0.25) is 9.36 Å². The number of benzene rings is 2. The Morgan fingerprint density at radius 1 is 1.18 bits per heavy atom. The number of hydrogen-bond acceptors (Lipinski definition) is 9. The van der Waals surface area contributed by atoms with Crippen LogP contribution in [0, 0.1) is 0 Å². The SMILES string of the molecule is COCCOC(=O)C1=C(C)N=c2s/c(=C/c3ccc4c(c3)OCO4)c(=O)n2[C@@H]1c1ccccc1OC(C)C. The smallest absolute Gasteiger partial charge is 0.338 e. The van der Waals surface area contributed by atoms with Crippen LogP contribution in [-0.2, 0) is 14.3 Å². The van der Waals surface area contributed by atoms with E-state index in [9.17, 15) is 9.59 Å². The van der Waals surface area contributed by atoms with Gasteiger partial charge in [0.15, 0.2) is 16.3 Å². The zero-order valence-corrected chi connectivity index (χ0v) is 22.4. The summed E-state index contributed by atoms with van der Waals surface area (Å²) in [5.74, 6) is 1.31. The molecule has 1 atom stereocenters. The minimum absolute atomic E-state index is 0.0809. The number of rotatable bonds is 8. The first kappa shape index (κ1) is 25.7. The number of carbonyl (C=O) groups excluding carboxylic acids is 1. The third-order valence-corrected chi connectivity index (χ3v) is 7.02. The molecule has 0 amide bonds. The zero-order valence-electron chi connectivity index (χ0n) is 21.6. The minimum Gasteiger partial charge on any atom is -0.491 e. The fourth-order valence-electron chi connectivity index (χ4n) is 4.39. The Bertz CT molecular complexity index is 1590. The number of nitrogens with zero attached hydrogens (tertiary/aromatic N) is 2. The van der Waals surface area contributed by atoms with Gasteiger partial charge in [-0.2, -0.15) is 0 Å². The monoisotopic (exact) mass is 536 g/mol. The molecule has 5 rings (SSSR count). The van der Waals surface area contributed by atoms with Crippen LogP contribution < -0.4 is 29.1 Å². The van der Waals surface area contributed by atoms with Crippen LogP contribution in [0.4, 0.5) is 0 Å². The maximum atomic E-state index is 13.9. The molecule has 38 heavy (non-hydrogen) atoms. The van der Waals surface area contributed by atoms with Crippen LogP contribution in [0.3, 0.4) is 0 Å². The lowest BCUT2D eigenvalue weighted by Gasteiger charge is -2.27. The molecule has 0 radical (unpaired) electrons. The van der Waals surface area contributed by atoms with Crippen molar-refractivity contribution in [2.45, 2.75) is 32.9 Å². The normalized spacial score (nSPS) is 16.4. The average molecular weight is 537 g/mol. The number of allylic oxidation sites excluding steroid dienone is 1. The van der Waals surface area contributed by atoms with Crippen molar-refractivity contribution < 1.29 is 28.5 Å². The Balaban J connectivity index is 1.67. The first-order chi connectivity index (χ1) is 18.4. The molecule has 3 aromatic rings. The fraction of sp³-hybridized carbons (Fsp3) is 0.321. The summed E-state index contributed by atoms with van der Waals surface area (Å²) in [6.07, 6.45) is 1.68. The van der Waals surface area contributed by atoms with E-state index in [0.29, 0.717) is 37.8 Å². The molecule has 0 N–H and O–H groups in total. The quantitative estimate of drug-likeness (QED) is 0.323. The molecule has 198 valence electrons. The second-order valence-electron chi connectivity index (χ2n) is 9.03. The van der Waals surface area contributed by atoms with Crippen molar-refractivity contribution in [3.63, 3.8) is 0 Å². The van der Waals surface area contributed by atoms with Crippen LogP contribution in [0.1, 0.15) is 37.9 Å². The molecular weight excluding hydrogens is 508 g/mol. The molecule has 3 heterocycles. The van der Waals surface area contributed by atoms with Gasteiger partial charge < -0.3 is 23.7 Å². The van der Waals surface area contributed by atoms with Gasteiger partial charge in [0.1, 0.15) is 18.4 Å². The molecule has 2 aliphatic rings. The van der Waals surface area contributed by atoms with Crippen molar-refractivity contribution in [1.82, 2.24) is 4.57 Å². The number of thiazole rings is 1. The van der Waals surface area contributed by atoms with Crippen molar-refractivity contribution in [3.8, 4) is 17.2 Å². The topological polar surface area (TPSA) is 97.6 Å². The maximum Gasteiger partial charge on any atom is 0.338 e. The number of aromatic nitrogens is 1. The predicted molar refractivity (Wildman–Crippen MR) is 141 cm³/mol. The molecule has 0 aliphatic carbocycles. The maximum absolute atomic E-state index is 13.9. The lowest BCUT2D eigenvalue weighted by atomic mass is 9.95. The van der Waals surface area contributed by atoms with Gasteiger partial charge in [0, 0.05) is 12.7 Å². The largest absolute Gasteiger partial charge is 0.491 e. The number of esters is 1. The lowest BCUT2D eigenvalue weighted by Crippen LogP contribution is -2.40. The van der Waals surface area contributed by atoms with E-state index in [1.165, 1.54) is 18.4 Å². The van der Waals surface area contributed by atoms with Gasteiger partial charge in [-0.25, -0.2) is 9.79 Å². The molecule has 9 nitrogen and oxygen atoms in total. The number of para-hydroxylation sites is 1. The van der Waals surface area contributed by atoms with Crippen molar-refractivity contribution in [2.24, 2.45) is 4.99 Å². The van der Waals surface area contributed by atoms with Gasteiger partial charge in [0.2, 0.25) is 6.79 Å². The fourth-order valence-corrected chi connectivity index (χ4v) is 5.44. The van der Waals surface area contributed by atoms with E-state index >= 15 is 0 Å². The van der Waals surface area contributed by atoms with Gasteiger partial charge in [-0.05, 0) is 50.6 Å². The number of carbonyl (C=O) groups is 1. The average Bonchev–Trinajstić information content (AvgIpc) is 3.47. The Morgan fingerprint density at radius 3 is 2.76 bits per heavy atom. The van der Waals surface area contributed by atoms with Crippen molar-refractivity contribution in [2.75, 3.05) is 27.1 Å². The highest BCUT2D eigenvalue weighted by molar-refractivity contribution is 7.07. The summed E-state index contributed by atoms with van der Waals surface area (Å²) in [7, 11) is 1.53. The number of methoxy groups -OCH3 is 1. The summed E-state index contributed by atoms with van der Waals surface area (Å²) in [5.41, 5.74) is 1.94. The van der Waals surface area contributed by atoms with Crippen LogP contribution in [-0.4, -0.2) is 43.8 Å². The van der Waals surface area contributed by atoms with Crippen LogP contribution in [0.5, 0.6) is 17.2 Å². The van der Waals surface area contributed by atoms with Gasteiger partial charge in [-0.1, -0.05) is 35.6 Å². The zero-order chi connectivity index (χ0) is 26.8. The number of ether oxygens (including phenoxy) is 5. The minimum atomic E-state index is -0.782. The Hall–Kier alpha value is -3.89. The molecule has 0 spiro atoms. The molecule has 10 heteroatoms. The third-order valence-electron chi connectivity index (χ3n) is 6.03. The highest BCUT2D eigenvalue weighted by atomic mass is 32.1. The standard InChI is InChI=1S/C28H28N2O7S/c1-16(2)37-20-8-6-5-7-19(20)25-24(27(32)34-12-11-33-4)17(3)29-28-30(25)26(31)23(38-28)14-18-9-10-21-22(13-18)36-15-35-21/h5-10,13-14,16,25H,11-12,15H2,1-4H3/b23-14+/t25-/m1/s1. The highest BCUT2D eigenvalue weighted by Crippen LogP contribution is 2.36. The second-order valence-corrected chi connectivity index (χ2v) is 10.0. The van der Waals surface area contributed by atoms with Gasteiger partial charge >= 0.3 is 5.97 Å². The molecule has 0 unspecified atom stereocenters. The summed E-state index contributed by atoms with van der Waals surface area (Å²) in [4.78, 5) is 32.4. The molecular formula is C28H28N2O7S. The Morgan fingerprint density at radius 2 is 1.97 bits per heavy atom. The van der Waals surface area contributed by atoms with Gasteiger partial charge in [0.05, 0.1) is 28.5 Å². The van der Waals surface area contributed by atoms with E-state index in [4.69, 9.17) is 23.7 Å². The molecule has 1 aromatic heterocycles. The van der Waals surface area contributed by atoms with Crippen molar-refractivity contribution in [1.29, 1.82) is 0 Å². The van der Waals surface area contributed by atoms with Gasteiger partial charge in [-0.15, -0.1) is 0 Å². The van der Waals surface area contributed by atoms with Crippen LogP contribution in [0.15, 0.2) is 63.5 Å². The van der Waals surface area contributed by atoms with E-state index in [-0.39, 0.29) is 37.2 Å². The first-order valence-corrected chi connectivity index (χ1v) is 13.0. The number of fused-ring (bicyclic) bond motifs is 2. The van der Waals surface area contributed by atoms with E-state index < -0.39 is 12.0 Å². The predicted octanol–water partition coefficient (Wildman–Crippen LogP) is 2.94. The Kier molecular flexibility index (Phi) is 7.35. The number of hydrogen-bond donors (Lipinski definition) is 0. The molecule has 0 fully saturated rings. The summed E-state index contributed by atoms with van der Waals surface area (Å²) in [5, 5.41) is 0.